The van der Waals surface area contributed by atoms with Gasteiger partial charge in [-0.05, 0) is 76.9 Å². The number of hydrogen-bond donors (Lipinski definition) is 3. The Labute approximate surface area is 222 Å². The molecule has 0 saturated heterocycles. The van der Waals surface area contributed by atoms with Crippen molar-refractivity contribution >= 4 is 23.8 Å². The van der Waals surface area contributed by atoms with Gasteiger partial charge in [-0.1, -0.05) is 24.3 Å². The number of phenols is 1. The quantitative estimate of drug-likeness (QED) is 0.401. The molecule has 0 fully saturated rings. The van der Waals surface area contributed by atoms with Crippen molar-refractivity contribution in [3.8, 4) is 16.9 Å². The molecule has 2 amide bonds. The van der Waals surface area contributed by atoms with Crippen molar-refractivity contribution in [3.05, 3.63) is 66.5 Å². The smallest absolute Gasteiger partial charge is 0.435 e. The summed E-state index contributed by atoms with van der Waals surface area (Å²) >= 11 is 0. The van der Waals surface area contributed by atoms with Gasteiger partial charge in [-0.15, -0.1) is 0 Å². The molecule has 1 unspecified atom stereocenters. The number of benzene rings is 2. The summed E-state index contributed by atoms with van der Waals surface area (Å²) in [6, 6.07) is 13.3. The van der Waals surface area contributed by atoms with E-state index in [-0.39, 0.29) is 18.2 Å². The molecular weight excluding hydrogens is 488 g/mol. The van der Waals surface area contributed by atoms with E-state index < -0.39 is 29.3 Å². The normalized spacial score (nSPS) is 12.4. The fraction of sp³-hybridized carbons (Fsp3) is 0.357. The summed E-state index contributed by atoms with van der Waals surface area (Å²) in [4.78, 5) is 37.6. The first-order chi connectivity index (χ1) is 17.7. The van der Waals surface area contributed by atoms with E-state index in [0.717, 1.165) is 10.2 Å². The lowest BCUT2D eigenvalue weighted by atomic mass is 9.97. The number of rotatable bonds is 6. The van der Waals surface area contributed by atoms with E-state index in [1.165, 1.54) is 12.1 Å². The molecule has 0 aliphatic rings. The number of carbonyl (C=O) groups excluding carboxylic acids is 3. The number of anilines is 1. The summed E-state index contributed by atoms with van der Waals surface area (Å²) in [5.41, 5.74) is 1.34. The Morgan fingerprint density at radius 1 is 0.895 bits per heavy atom. The lowest BCUT2D eigenvalue weighted by Crippen LogP contribution is -2.37. The van der Waals surface area contributed by atoms with Gasteiger partial charge in [0.2, 0.25) is 5.91 Å². The Hall–Kier alpha value is -4.34. The molecule has 10 heteroatoms. The highest BCUT2D eigenvalue weighted by Gasteiger charge is 2.24. The Morgan fingerprint density at radius 3 is 2.08 bits per heavy atom. The molecular formula is C28H34N4O6. The first kappa shape index (κ1) is 28.2. The number of phenolic OH excluding ortho intramolecular Hbond substituents is 1. The molecule has 0 aliphatic heterocycles. The fourth-order valence-corrected chi connectivity index (χ4v) is 3.42. The highest BCUT2D eigenvalue weighted by Crippen LogP contribution is 2.24. The largest absolute Gasteiger partial charge is 0.508 e. The second kappa shape index (κ2) is 11.4. The zero-order valence-electron chi connectivity index (χ0n) is 22.4. The zero-order chi connectivity index (χ0) is 28.1. The Morgan fingerprint density at radius 2 is 1.50 bits per heavy atom. The van der Waals surface area contributed by atoms with Crippen molar-refractivity contribution in [1.29, 1.82) is 0 Å². The van der Waals surface area contributed by atoms with E-state index in [9.17, 15) is 19.5 Å². The van der Waals surface area contributed by atoms with Gasteiger partial charge < -0.3 is 25.2 Å². The third-order valence-electron chi connectivity index (χ3n) is 5.11. The predicted molar refractivity (Wildman–Crippen MR) is 143 cm³/mol. The van der Waals surface area contributed by atoms with Gasteiger partial charge in [0.15, 0.2) is 0 Å². The van der Waals surface area contributed by atoms with Gasteiger partial charge in [0.25, 0.3) is 0 Å². The molecule has 1 atom stereocenters. The van der Waals surface area contributed by atoms with Crippen LogP contribution in [-0.2, 0) is 14.3 Å². The van der Waals surface area contributed by atoms with Crippen LogP contribution in [-0.4, -0.2) is 50.7 Å². The Kier molecular flexibility index (Phi) is 8.45. The lowest BCUT2D eigenvalue weighted by molar-refractivity contribution is -0.117. The third-order valence-corrected chi connectivity index (χ3v) is 5.11. The zero-order valence-corrected chi connectivity index (χ0v) is 22.4. The van der Waals surface area contributed by atoms with Crippen molar-refractivity contribution < 1.29 is 29.0 Å². The van der Waals surface area contributed by atoms with Gasteiger partial charge in [-0.25, -0.2) is 9.59 Å². The molecule has 3 N–H and O–H groups in total. The minimum Gasteiger partial charge on any atom is -0.508 e. The van der Waals surface area contributed by atoms with Gasteiger partial charge in [0.05, 0.1) is 12.1 Å². The molecule has 2 aromatic carbocycles. The summed E-state index contributed by atoms with van der Waals surface area (Å²) in [7, 11) is 0. The van der Waals surface area contributed by atoms with Crippen molar-refractivity contribution in [2.45, 2.75) is 58.7 Å². The molecule has 1 heterocycles. The van der Waals surface area contributed by atoms with E-state index in [1.807, 2.05) is 0 Å². The number of ether oxygens (including phenoxy) is 2. The Balaban J connectivity index is 1.71. The number of nitrogens with zero attached hydrogens (tertiary/aromatic N) is 2. The molecule has 0 aliphatic carbocycles. The average molecular weight is 523 g/mol. The van der Waals surface area contributed by atoms with E-state index in [4.69, 9.17) is 9.47 Å². The van der Waals surface area contributed by atoms with Crippen molar-refractivity contribution in [2.75, 3.05) is 11.9 Å². The van der Waals surface area contributed by atoms with Crippen LogP contribution in [0.4, 0.5) is 15.3 Å². The standard InChI is InChI=1S/C28H34N4O6/c1-27(2,3)37-25(35)29-16-23(19-9-13-22(33)14-10-19)24(34)31-21-11-7-18(8-12-21)20-15-30-32(17-20)26(36)38-28(4,5)6/h7-15,17,23,33H,16H2,1-6H3,(H,29,35)(H,31,34). The number of alkyl carbamates (subject to hydrolysis) is 1. The van der Waals surface area contributed by atoms with Crippen LogP contribution in [0.1, 0.15) is 53.0 Å². The highest BCUT2D eigenvalue weighted by atomic mass is 16.6. The minimum atomic E-state index is -0.741. The van der Waals surface area contributed by atoms with Gasteiger partial charge in [-0.2, -0.15) is 9.78 Å². The Bertz CT molecular complexity index is 1270. The predicted octanol–water partition coefficient (Wildman–Crippen LogP) is 5.29. The molecule has 0 spiro atoms. The summed E-state index contributed by atoms with van der Waals surface area (Å²) in [6.07, 6.45) is 1.92. The molecule has 10 nitrogen and oxygen atoms in total. The van der Waals surface area contributed by atoms with E-state index in [1.54, 1.807) is 90.3 Å². The van der Waals surface area contributed by atoms with E-state index in [0.29, 0.717) is 16.8 Å². The van der Waals surface area contributed by atoms with Gasteiger partial charge >= 0.3 is 12.2 Å². The number of nitrogens with one attached hydrogen (secondary N) is 2. The number of hydrogen-bond acceptors (Lipinski definition) is 7. The van der Waals surface area contributed by atoms with Crippen LogP contribution in [0.5, 0.6) is 5.75 Å². The van der Waals surface area contributed by atoms with E-state index in [2.05, 4.69) is 15.7 Å². The van der Waals surface area contributed by atoms with Crippen LogP contribution in [0.15, 0.2) is 60.9 Å². The van der Waals surface area contributed by atoms with Crippen LogP contribution < -0.4 is 10.6 Å². The maximum absolute atomic E-state index is 13.2. The highest BCUT2D eigenvalue weighted by molar-refractivity contribution is 5.96. The van der Waals surface area contributed by atoms with Crippen LogP contribution >= 0.6 is 0 Å². The second-order valence-corrected chi connectivity index (χ2v) is 10.7. The summed E-state index contributed by atoms with van der Waals surface area (Å²) in [5, 5.41) is 19.2. The van der Waals surface area contributed by atoms with Crippen LogP contribution in [0.2, 0.25) is 0 Å². The van der Waals surface area contributed by atoms with Gasteiger partial charge in [0, 0.05) is 24.0 Å². The van der Waals surface area contributed by atoms with Crippen LogP contribution in [0.25, 0.3) is 11.1 Å². The summed E-state index contributed by atoms with van der Waals surface area (Å²) < 4.78 is 11.7. The monoisotopic (exact) mass is 522 g/mol. The molecule has 0 bridgehead atoms. The third kappa shape index (κ3) is 8.36. The fourth-order valence-electron chi connectivity index (χ4n) is 3.42. The lowest BCUT2D eigenvalue weighted by Gasteiger charge is -2.22. The minimum absolute atomic E-state index is 0.00649. The molecule has 0 saturated carbocycles. The average Bonchev–Trinajstić information content (AvgIpc) is 3.29. The first-order valence-corrected chi connectivity index (χ1v) is 12.2. The van der Waals surface area contributed by atoms with E-state index >= 15 is 0 Å². The van der Waals surface area contributed by atoms with Crippen molar-refractivity contribution in [2.24, 2.45) is 0 Å². The molecule has 3 rings (SSSR count). The molecule has 202 valence electrons. The second-order valence-electron chi connectivity index (χ2n) is 10.7. The number of carbonyl (C=O) groups is 3. The molecule has 38 heavy (non-hydrogen) atoms. The van der Waals surface area contributed by atoms with Gasteiger partial charge in [-0.3, -0.25) is 4.79 Å². The molecule has 3 aromatic rings. The molecule has 0 radical (unpaired) electrons. The SMILES string of the molecule is CC(C)(C)OC(=O)NCC(C(=O)Nc1ccc(-c2cnn(C(=O)OC(C)(C)C)c2)cc1)c1ccc(O)cc1. The van der Waals surface area contributed by atoms with Crippen LogP contribution in [0, 0.1) is 0 Å². The number of amides is 2. The maximum Gasteiger partial charge on any atom is 0.435 e. The molecule has 1 aromatic heterocycles. The van der Waals surface area contributed by atoms with Crippen LogP contribution in [0.3, 0.4) is 0 Å². The number of aromatic nitrogens is 2. The number of aromatic hydroxyl groups is 1. The van der Waals surface area contributed by atoms with Crippen molar-refractivity contribution in [3.63, 3.8) is 0 Å². The topological polar surface area (TPSA) is 132 Å². The first-order valence-electron chi connectivity index (χ1n) is 12.2. The summed E-state index contributed by atoms with van der Waals surface area (Å²) in [6.45, 7) is 10.6. The van der Waals surface area contributed by atoms with Gasteiger partial charge in [0.1, 0.15) is 17.0 Å². The van der Waals surface area contributed by atoms with Crippen molar-refractivity contribution in [1.82, 2.24) is 15.1 Å². The maximum atomic E-state index is 13.2. The summed E-state index contributed by atoms with van der Waals surface area (Å²) in [5.74, 6) is -1.02.